The molecule has 2 aromatic carbocycles. The van der Waals surface area contributed by atoms with Gasteiger partial charge in [0.1, 0.15) is 12.1 Å². The third kappa shape index (κ3) is 3.38. The Morgan fingerprint density at radius 1 is 1.07 bits per heavy atom. The predicted molar refractivity (Wildman–Crippen MR) is 121 cm³/mol. The minimum atomic E-state index is -0.231. The Balaban J connectivity index is 1.77. The molecular weight excluding hydrogens is 376 g/mol. The summed E-state index contributed by atoms with van der Waals surface area (Å²) in [6.45, 7) is 7.18. The molecular formula is C24H26N4O2. The van der Waals surface area contributed by atoms with Crippen LogP contribution >= 0.6 is 0 Å². The fourth-order valence-electron chi connectivity index (χ4n) is 4.07. The summed E-state index contributed by atoms with van der Waals surface area (Å²) in [6, 6.07) is 15.8. The van der Waals surface area contributed by atoms with Crippen LogP contribution in [0.3, 0.4) is 0 Å². The van der Waals surface area contributed by atoms with Crippen molar-refractivity contribution in [2.45, 2.75) is 40.3 Å². The number of benzene rings is 2. The van der Waals surface area contributed by atoms with Gasteiger partial charge in [0, 0.05) is 35.1 Å². The number of aromatic nitrogens is 3. The van der Waals surface area contributed by atoms with E-state index >= 15 is 0 Å². The minimum absolute atomic E-state index is 0.0931. The molecule has 4 rings (SSSR count). The fourth-order valence-corrected chi connectivity index (χ4v) is 4.07. The molecule has 4 aromatic rings. The average Bonchev–Trinajstić information content (AvgIpc) is 3.06. The number of carbonyl (C=O) groups is 1. The molecule has 2 aromatic heterocycles. The van der Waals surface area contributed by atoms with Crippen molar-refractivity contribution >= 4 is 33.4 Å². The van der Waals surface area contributed by atoms with Crippen LogP contribution in [0.25, 0.3) is 21.8 Å². The fraction of sp³-hybridized carbons (Fsp3) is 0.292. The molecule has 0 unspecified atom stereocenters. The first-order valence-corrected chi connectivity index (χ1v) is 10.4. The lowest BCUT2D eigenvalue weighted by atomic mass is 10.2. The van der Waals surface area contributed by atoms with E-state index in [1.807, 2.05) is 66.9 Å². The summed E-state index contributed by atoms with van der Waals surface area (Å²) in [6.07, 6.45) is 2.62. The number of amides is 1. The number of fused-ring (bicyclic) bond motifs is 3. The van der Waals surface area contributed by atoms with Crippen LogP contribution in [0.4, 0.5) is 5.69 Å². The zero-order valence-electron chi connectivity index (χ0n) is 17.6. The van der Waals surface area contributed by atoms with Gasteiger partial charge >= 0.3 is 0 Å². The first kappa shape index (κ1) is 19.9. The van der Waals surface area contributed by atoms with Crippen LogP contribution in [-0.2, 0) is 17.9 Å². The molecule has 6 nitrogen and oxygen atoms in total. The molecule has 0 spiro atoms. The van der Waals surface area contributed by atoms with Gasteiger partial charge in [-0.2, -0.15) is 5.10 Å². The highest BCUT2D eigenvalue weighted by Crippen LogP contribution is 2.26. The number of hydrogen-bond acceptors (Lipinski definition) is 3. The number of likely N-dealkylation sites (N-methyl/N-ethyl adjacent to an activating group) is 1. The summed E-state index contributed by atoms with van der Waals surface area (Å²) in [5.41, 5.74) is 3.31. The Morgan fingerprint density at radius 2 is 1.87 bits per heavy atom. The molecule has 0 fully saturated rings. The van der Waals surface area contributed by atoms with E-state index in [2.05, 4.69) is 12.0 Å². The molecule has 0 aliphatic heterocycles. The highest BCUT2D eigenvalue weighted by Gasteiger charge is 2.19. The number of nitrogens with zero attached hydrogens (tertiary/aromatic N) is 4. The largest absolute Gasteiger partial charge is 0.336 e. The third-order valence-corrected chi connectivity index (χ3v) is 5.44. The van der Waals surface area contributed by atoms with Crippen molar-refractivity contribution in [1.29, 1.82) is 0 Å². The van der Waals surface area contributed by atoms with Crippen molar-refractivity contribution in [3.05, 3.63) is 70.6 Å². The van der Waals surface area contributed by atoms with Gasteiger partial charge in [-0.15, -0.1) is 0 Å². The molecule has 0 radical (unpaired) electrons. The van der Waals surface area contributed by atoms with Gasteiger partial charge in [-0.25, -0.2) is 4.68 Å². The van der Waals surface area contributed by atoms with Gasteiger partial charge in [-0.3, -0.25) is 9.59 Å². The molecule has 0 saturated heterocycles. The van der Waals surface area contributed by atoms with Gasteiger partial charge in [0.2, 0.25) is 5.91 Å². The van der Waals surface area contributed by atoms with E-state index in [1.165, 1.54) is 4.68 Å². The maximum Gasteiger partial charge on any atom is 0.291 e. The van der Waals surface area contributed by atoms with Crippen molar-refractivity contribution in [3.8, 4) is 0 Å². The van der Waals surface area contributed by atoms with E-state index in [1.54, 1.807) is 11.1 Å². The number of hydrogen-bond donors (Lipinski definition) is 0. The summed E-state index contributed by atoms with van der Waals surface area (Å²) in [7, 11) is 0. The van der Waals surface area contributed by atoms with Gasteiger partial charge in [0.05, 0.1) is 6.20 Å². The molecule has 30 heavy (non-hydrogen) atoms. The van der Waals surface area contributed by atoms with Crippen LogP contribution in [0, 0.1) is 6.92 Å². The summed E-state index contributed by atoms with van der Waals surface area (Å²) in [5.74, 6) is -0.157. The molecule has 1 amide bonds. The van der Waals surface area contributed by atoms with Crippen molar-refractivity contribution in [3.63, 3.8) is 0 Å². The molecule has 0 N–H and O–H groups in total. The first-order valence-electron chi connectivity index (χ1n) is 10.4. The van der Waals surface area contributed by atoms with Gasteiger partial charge in [-0.1, -0.05) is 37.3 Å². The second-order valence-electron chi connectivity index (χ2n) is 7.52. The van der Waals surface area contributed by atoms with E-state index < -0.39 is 0 Å². The molecule has 0 aliphatic carbocycles. The van der Waals surface area contributed by atoms with Crippen molar-refractivity contribution in [1.82, 2.24) is 14.3 Å². The summed E-state index contributed by atoms with van der Waals surface area (Å²) < 4.78 is 3.34. The van der Waals surface area contributed by atoms with E-state index in [0.29, 0.717) is 12.1 Å². The SMILES string of the molecule is CCCn1c2ccccc2c2cnn(CC(=O)N(CC)c3cccc(C)c3)c(=O)c21. The first-order chi connectivity index (χ1) is 14.5. The lowest BCUT2D eigenvalue weighted by Gasteiger charge is -2.21. The molecule has 0 bridgehead atoms. The topological polar surface area (TPSA) is 60.1 Å². The van der Waals surface area contributed by atoms with Gasteiger partial charge < -0.3 is 9.47 Å². The van der Waals surface area contributed by atoms with E-state index in [9.17, 15) is 9.59 Å². The zero-order chi connectivity index (χ0) is 21.3. The quantitative estimate of drug-likeness (QED) is 0.487. The number of carbonyl (C=O) groups excluding carboxylic acids is 1. The lowest BCUT2D eigenvalue weighted by Crippen LogP contribution is -2.37. The molecule has 6 heteroatoms. The molecule has 0 saturated carbocycles. The van der Waals surface area contributed by atoms with Crippen molar-refractivity contribution in [2.75, 3.05) is 11.4 Å². The predicted octanol–water partition coefficient (Wildman–Crippen LogP) is 4.12. The lowest BCUT2D eigenvalue weighted by molar-refractivity contribution is -0.119. The van der Waals surface area contributed by atoms with Gasteiger partial charge in [0.25, 0.3) is 5.56 Å². The van der Waals surface area contributed by atoms with Crippen LogP contribution in [-0.4, -0.2) is 26.8 Å². The van der Waals surface area contributed by atoms with Crippen molar-refractivity contribution < 1.29 is 4.79 Å². The monoisotopic (exact) mass is 402 g/mol. The summed E-state index contributed by atoms with van der Waals surface area (Å²) >= 11 is 0. The van der Waals surface area contributed by atoms with Crippen LogP contribution in [0.1, 0.15) is 25.8 Å². The maximum atomic E-state index is 13.3. The maximum absolute atomic E-state index is 13.3. The second kappa shape index (κ2) is 8.14. The summed E-state index contributed by atoms with van der Waals surface area (Å²) in [5, 5.41) is 6.19. The van der Waals surface area contributed by atoms with Crippen LogP contribution in [0.15, 0.2) is 59.5 Å². The molecule has 154 valence electrons. The van der Waals surface area contributed by atoms with Gasteiger partial charge in [-0.05, 0) is 44.0 Å². The Bertz CT molecular complexity index is 1290. The Kier molecular flexibility index (Phi) is 5.40. The van der Waals surface area contributed by atoms with Crippen LogP contribution in [0.5, 0.6) is 0 Å². The number of anilines is 1. The second-order valence-corrected chi connectivity index (χ2v) is 7.52. The Morgan fingerprint density at radius 3 is 2.60 bits per heavy atom. The number of rotatable bonds is 6. The molecule has 0 aliphatic rings. The molecule has 0 atom stereocenters. The number of para-hydroxylation sites is 1. The highest BCUT2D eigenvalue weighted by atomic mass is 16.2. The summed E-state index contributed by atoms with van der Waals surface area (Å²) in [4.78, 5) is 28.1. The average molecular weight is 402 g/mol. The van der Waals surface area contributed by atoms with E-state index in [-0.39, 0.29) is 18.0 Å². The normalized spacial score (nSPS) is 11.3. The van der Waals surface area contributed by atoms with Gasteiger partial charge in [0.15, 0.2) is 0 Å². The minimum Gasteiger partial charge on any atom is -0.336 e. The third-order valence-electron chi connectivity index (χ3n) is 5.44. The highest BCUT2D eigenvalue weighted by molar-refractivity contribution is 6.07. The number of aryl methyl sites for hydroxylation is 2. The van der Waals surface area contributed by atoms with Crippen molar-refractivity contribution in [2.24, 2.45) is 0 Å². The smallest absolute Gasteiger partial charge is 0.291 e. The molecule has 2 heterocycles. The zero-order valence-corrected chi connectivity index (χ0v) is 17.6. The van der Waals surface area contributed by atoms with Crippen LogP contribution < -0.4 is 10.5 Å². The Hall–Kier alpha value is -3.41. The Labute approximate surface area is 175 Å². The standard InChI is InChI=1S/C24H26N4O2/c1-4-13-27-21-12-7-6-11-19(21)20-15-25-28(24(30)23(20)27)16-22(29)26(5-2)18-10-8-9-17(3)14-18/h6-12,14-15H,4-5,13,16H2,1-3H3. The van der Waals surface area contributed by atoms with E-state index in [4.69, 9.17) is 0 Å². The van der Waals surface area contributed by atoms with E-state index in [0.717, 1.165) is 40.5 Å². The van der Waals surface area contributed by atoms with Crippen LogP contribution in [0.2, 0.25) is 0 Å².